The number of likely N-dealkylation sites (tertiary alicyclic amines) is 1. The van der Waals surface area contributed by atoms with E-state index in [1.54, 1.807) is 20.8 Å². The van der Waals surface area contributed by atoms with Gasteiger partial charge >= 0.3 is 18.2 Å². The third kappa shape index (κ3) is 6.44. The summed E-state index contributed by atoms with van der Waals surface area (Å²) in [6.45, 7) is 5.54. The van der Waals surface area contributed by atoms with Crippen LogP contribution in [0.3, 0.4) is 0 Å². The Morgan fingerprint density at radius 1 is 1.14 bits per heavy atom. The lowest BCUT2D eigenvalue weighted by molar-refractivity contribution is -0.147. The summed E-state index contributed by atoms with van der Waals surface area (Å²) in [5.41, 5.74) is 0.215. The zero-order valence-electron chi connectivity index (χ0n) is 16.8. The van der Waals surface area contributed by atoms with Crippen molar-refractivity contribution in [2.24, 2.45) is 0 Å². The molecular formula is C20H28N2O6. The van der Waals surface area contributed by atoms with Gasteiger partial charge in [-0.25, -0.2) is 14.4 Å². The third-order valence-electron chi connectivity index (χ3n) is 4.22. The van der Waals surface area contributed by atoms with Crippen molar-refractivity contribution >= 4 is 18.2 Å². The first-order chi connectivity index (χ1) is 13.2. The molecule has 28 heavy (non-hydrogen) atoms. The van der Waals surface area contributed by atoms with Gasteiger partial charge in [-0.15, -0.1) is 0 Å². The second-order valence-electron chi connectivity index (χ2n) is 7.65. The van der Waals surface area contributed by atoms with Gasteiger partial charge in [-0.1, -0.05) is 30.3 Å². The summed E-state index contributed by atoms with van der Waals surface area (Å²) in [5, 5.41) is 2.75. The number of benzene rings is 1. The van der Waals surface area contributed by atoms with Gasteiger partial charge in [0, 0.05) is 6.54 Å². The Bertz CT molecular complexity index is 686. The van der Waals surface area contributed by atoms with Crippen LogP contribution in [0.15, 0.2) is 30.3 Å². The van der Waals surface area contributed by atoms with E-state index >= 15 is 0 Å². The number of alkyl carbamates (subject to hydrolysis) is 1. The molecule has 1 saturated heterocycles. The van der Waals surface area contributed by atoms with Gasteiger partial charge in [-0.05, 0) is 39.2 Å². The molecule has 154 valence electrons. The lowest BCUT2D eigenvalue weighted by Gasteiger charge is -2.37. The molecule has 1 fully saturated rings. The lowest BCUT2D eigenvalue weighted by Crippen LogP contribution is -2.57. The summed E-state index contributed by atoms with van der Waals surface area (Å²) in [6.07, 6.45) is -0.323. The van der Waals surface area contributed by atoms with Crippen molar-refractivity contribution in [1.82, 2.24) is 10.2 Å². The zero-order chi connectivity index (χ0) is 20.7. The Morgan fingerprint density at radius 2 is 1.82 bits per heavy atom. The van der Waals surface area contributed by atoms with E-state index in [0.717, 1.165) is 5.56 Å². The van der Waals surface area contributed by atoms with E-state index in [0.29, 0.717) is 12.8 Å². The summed E-state index contributed by atoms with van der Waals surface area (Å²) in [5.74, 6) is -0.507. The van der Waals surface area contributed by atoms with Crippen LogP contribution in [0.5, 0.6) is 0 Å². The molecule has 0 bridgehead atoms. The highest BCUT2D eigenvalue weighted by atomic mass is 16.6. The van der Waals surface area contributed by atoms with Gasteiger partial charge in [-0.2, -0.15) is 0 Å². The SMILES string of the molecule is COC(=O)[C@@H]1CC[C@@H](NC(=O)OC(C)(C)C)CN1C(=O)OCc1ccccc1. The molecule has 1 aromatic rings. The number of hydrogen-bond acceptors (Lipinski definition) is 6. The quantitative estimate of drug-likeness (QED) is 0.625. The van der Waals surface area contributed by atoms with Crippen molar-refractivity contribution in [3.05, 3.63) is 35.9 Å². The van der Waals surface area contributed by atoms with Gasteiger partial charge in [0.2, 0.25) is 0 Å². The second kappa shape index (κ2) is 9.43. The van der Waals surface area contributed by atoms with Gasteiger partial charge in [0.05, 0.1) is 13.2 Å². The molecule has 1 aromatic carbocycles. The van der Waals surface area contributed by atoms with Gasteiger partial charge in [0.25, 0.3) is 0 Å². The zero-order valence-corrected chi connectivity index (χ0v) is 16.8. The van der Waals surface area contributed by atoms with Crippen molar-refractivity contribution in [2.75, 3.05) is 13.7 Å². The summed E-state index contributed by atoms with van der Waals surface area (Å²) in [4.78, 5) is 38.0. The highest BCUT2D eigenvalue weighted by molar-refractivity contribution is 5.81. The molecule has 1 N–H and O–H groups in total. The van der Waals surface area contributed by atoms with Crippen LogP contribution in [-0.4, -0.2) is 54.4 Å². The minimum absolute atomic E-state index is 0.0915. The Morgan fingerprint density at radius 3 is 2.43 bits per heavy atom. The number of esters is 1. The second-order valence-corrected chi connectivity index (χ2v) is 7.65. The molecule has 0 aliphatic carbocycles. The van der Waals surface area contributed by atoms with Crippen molar-refractivity contribution in [2.45, 2.75) is 57.9 Å². The Labute approximate surface area is 165 Å². The Balaban J connectivity index is 2.01. The summed E-state index contributed by atoms with van der Waals surface area (Å²) >= 11 is 0. The van der Waals surface area contributed by atoms with Crippen LogP contribution in [0, 0.1) is 0 Å². The van der Waals surface area contributed by atoms with E-state index in [-0.39, 0.29) is 19.2 Å². The number of nitrogens with zero attached hydrogens (tertiary/aromatic N) is 1. The van der Waals surface area contributed by atoms with Crippen molar-refractivity contribution < 1.29 is 28.6 Å². The predicted molar refractivity (Wildman–Crippen MR) is 102 cm³/mol. The monoisotopic (exact) mass is 392 g/mol. The number of amides is 2. The minimum atomic E-state index is -0.745. The molecule has 1 aliphatic rings. The number of piperidine rings is 1. The van der Waals surface area contributed by atoms with Crippen LogP contribution >= 0.6 is 0 Å². The Hall–Kier alpha value is -2.77. The first-order valence-corrected chi connectivity index (χ1v) is 9.24. The molecular weight excluding hydrogens is 364 g/mol. The molecule has 0 radical (unpaired) electrons. The third-order valence-corrected chi connectivity index (χ3v) is 4.22. The minimum Gasteiger partial charge on any atom is -0.467 e. The first kappa shape index (κ1) is 21.5. The molecule has 8 nitrogen and oxygen atoms in total. The van der Waals surface area contributed by atoms with E-state index < -0.39 is 29.8 Å². The van der Waals surface area contributed by atoms with Gasteiger partial charge in [0.15, 0.2) is 0 Å². The van der Waals surface area contributed by atoms with Crippen LogP contribution in [-0.2, 0) is 25.6 Å². The normalized spacial score (nSPS) is 19.5. The molecule has 2 atom stereocenters. The molecule has 2 amide bonds. The molecule has 8 heteroatoms. The molecule has 0 unspecified atom stereocenters. The van der Waals surface area contributed by atoms with Crippen LogP contribution in [0.25, 0.3) is 0 Å². The van der Waals surface area contributed by atoms with Gasteiger partial charge in [-0.3, -0.25) is 4.90 Å². The van der Waals surface area contributed by atoms with E-state index in [1.807, 2.05) is 30.3 Å². The maximum atomic E-state index is 12.6. The average Bonchev–Trinajstić information content (AvgIpc) is 2.64. The summed E-state index contributed by atoms with van der Waals surface area (Å²) < 4.78 is 15.4. The predicted octanol–water partition coefficient (Wildman–Crippen LogP) is 2.85. The van der Waals surface area contributed by atoms with Crippen LogP contribution in [0.4, 0.5) is 9.59 Å². The van der Waals surface area contributed by atoms with Crippen molar-refractivity contribution in [1.29, 1.82) is 0 Å². The number of carbonyl (C=O) groups excluding carboxylic acids is 3. The first-order valence-electron chi connectivity index (χ1n) is 9.24. The van der Waals surface area contributed by atoms with Crippen molar-refractivity contribution in [3.8, 4) is 0 Å². The maximum Gasteiger partial charge on any atom is 0.410 e. The summed E-state index contributed by atoms with van der Waals surface area (Å²) in [7, 11) is 1.28. The topological polar surface area (TPSA) is 94.2 Å². The number of hydrogen-bond donors (Lipinski definition) is 1. The number of methoxy groups -OCH3 is 1. The maximum absolute atomic E-state index is 12.6. The molecule has 0 spiro atoms. The van der Waals surface area contributed by atoms with Crippen LogP contribution < -0.4 is 5.32 Å². The smallest absolute Gasteiger partial charge is 0.410 e. The summed E-state index contributed by atoms with van der Waals surface area (Å²) in [6, 6.07) is 8.16. The average molecular weight is 392 g/mol. The number of ether oxygens (including phenoxy) is 3. The van der Waals surface area contributed by atoms with Crippen molar-refractivity contribution in [3.63, 3.8) is 0 Å². The lowest BCUT2D eigenvalue weighted by atomic mass is 9.99. The van der Waals surface area contributed by atoms with E-state index in [4.69, 9.17) is 14.2 Å². The molecule has 1 aliphatic heterocycles. The highest BCUT2D eigenvalue weighted by Crippen LogP contribution is 2.21. The van der Waals surface area contributed by atoms with Gasteiger partial charge in [0.1, 0.15) is 18.2 Å². The molecule has 0 saturated carbocycles. The Kier molecular flexibility index (Phi) is 7.25. The van der Waals surface area contributed by atoms with Crippen LogP contribution in [0.1, 0.15) is 39.2 Å². The van der Waals surface area contributed by atoms with E-state index in [9.17, 15) is 14.4 Å². The number of nitrogens with one attached hydrogen (secondary N) is 1. The molecule has 0 aromatic heterocycles. The number of rotatable bonds is 4. The van der Waals surface area contributed by atoms with E-state index in [2.05, 4.69) is 5.32 Å². The highest BCUT2D eigenvalue weighted by Gasteiger charge is 2.38. The molecule has 1 heterocycles. The fourth-order valence-corrected chi connectivity index (χ4v) is 2.95. The molecule has 2 rings (SSSR count). The fraction of sp³-hybridized carbons (Fsp3) is 0.550. The van der Waals surface area contributed by atoms with E-state index in [1.165, 1.54) is 12.0 Å². The van der Waals surface area contributed by atoms with Crippen LogP contribution in [0.2, 0.25) is 0 Å². The largest absolute Gasteiger partial charge is 0.467 e. The standard InChI is InChI=1S/C20H28N2O6/c1-20(2,3)28-18(24)21-15-10-11-16(17(23)26-4)22(12-15)19(25)27-13-14-8-6-5-7-9-14/h5-9,15-16H,10-13H2,1-4H3,(H,21,24)/t15-,16+/m1/s1. The van der Waals surface area contributed by atoms with Gasteiger partial charge < -0.3 is 19.5 Å². The fourth-order valence-electron chi connectivity index (χ4n) is 2.95. The number of carbonyl (C=O) groups is 3.